The Morgan fingerprint density at radius 2 is 0.780 bits per heavy atom. The number of aromatic nitrogens is 11. The first-order chi connectivity index (χ1) is 59.9. The lowest BCUT2D eigenvalue weighted by atomic mass is 10.0. The van der Waals surface area contributed by atoms with E-state index in [4.69, 9.17) is 14.7 Å². The number of fused-ring (bicyclic) bond motifs is 5. The third-order valence-corrected chi connectivity index (χ3v) is 18.6. The zero-order valence-corrected chi connectivity index (χ0v) is 65.0. The lowest BCUT2D eigenvalue weighted by Gasteiger charge is -2.11. The highest BCUT2D eigenvalue weighted by Crippen LogP contribution is 2.45. The summed E-state index contributed by atoms with van der Waals surface area (Å²) in [6.07, 6.45) is 7.59. The maximum absolute atomic E-state index is 13.0. The maximum atomic E-state index is 13.0. The van der Waals surface area contributed by atoms with Crippen LogP contribution in [0, 0.1) is 13.8 Å². The first-order valence-electron chi connectivity index (χ1n) is 36.9. The van der Waals surface area contributed by atoms with Gasteiger partial charge in [-0.25, -0.2) is 24.9 Å². The predicted octanol–water partition coefficient (Wildman–Crippen LogP) is 19.7. The number of nitrogens with two attached hydrogens (primary N) is 1. The SMILES string of the molecule is Cc1noc(N=Nc2c(O)c(C(=O)Nc3ccccc3)cc3ccccc23)n1.Cc1nsc(N=Nc2c(O)c(C(=O)Nc3ncccn3)cc3ccccc23)n1.NC(=O)c1oc2ccccc2c1N=Nc1c(O)c(C(=O)Nc2ccccc2)cc2ccccc12.O=C(Nc1ccccc1)c1cc2ccccc2c(N=Nc2ncn(-c3ncccn3)n2)c1O. The second-order valence-electron chi connectivity index (χ2n) is 26.1. The van der Waals surface area contributed by atoms with Crippen molar-refractivity contribution >= 4 is 164 Å². The fraction of sp³-hybridized carbons (Fsp3) is 0.0230. The summed E-state index contributed by atoms with van der Waals surface area (Å²) in [6.45, 7) is 3.41. The number of aryl methyl sites for hydroxylation is 2. The van der Waals surface area contributed by atoms with Crippen LogP contribution in [0.25, 0.3) is 60.0 Å². The molecule has 0 aliphatic heterocycles. The summed E-state index contributed by atoms with van der Waals surface area (Å²) < 4.78 is 15.9. The lowest BCUT2D eigenvalue weighted by molar-refractivity contribution is 0.0973. The van der Waals surface area contributed by atoms with E-state index in [2.05, 4.69) is 112 Å². The highest BCUT2D eigenvalue weighted by molar-refractivity contribution is 7.09. The van der Waals surface area contributed by atoms with Gasteiger partial charge in [0, 0.05) is 80.3 Å². The Kier molecular flexibility index (Phi) is 24.2. The topological polar surface area (TPSA) is 499 Å². The van der Waals surface area contributed by atoms with Gasteiger partial charge in [-0.05, 0) is 120 Å². The largest absolute Gasteiger partial charge is 0.505 e. The van der Waals surface area contributed by atoms with Crippen LogP contribution >= 0.6 is 11.5 Å². The van der Waals surface area contributed by atoms with Gasteiger partial charge in [0.05, 0.1) is 22.3 Å². The first kappa shape index (κ1) is 80.4. The van der Waals surface area contributed by atoms with Gasteiger partial charge in [0.25, 0.3) is 41.4 Å². The zero-order chi connectivity index (χ0) is 85.3. The number of hydrogen-bond acceptors (Lipinski definition) is 30. The molecule has 0 spiro atoms. The number of rotatable bonds is 18. The van der Waals surface area contributed by atoms with E-state index in [1.165, 1.54) is 23.4 Å². The number of azo groups is 4. The van der Waals surface area contributed by atoms with E-state index in [0.717, 1.165) is 27.7 Å². The summed E-state index contributed by atoms with van der Waals surface area (Å²) in [5.74, 6) is -2.63. The number of benzene rings is 12. The quantitative estimate of drug-likeness (QED) is 0.0360. The van der Waals surface area contributed by atoms with Crippen molar-refractivity contribution < 1.29 is 53.3 Å². The number of carbonyl (C=O) groups is 5. The summed E-state index contributed by atoms with van der Waals surface area (Å²) >= 11 is 1.09. The molecule has 35 nitrogen and oxygen atoms in total. The van der Waals surface area contributed by atoms with Crippen molar-refractivity contribution in [2.24, 2.45) is 46.6 Å². The normalized spacial score (nSPS) is 11.2. The zero-order valence-electron chi connectivity index (χ0n) is 64.2. The number of anilines is 4. The van der Waals surface area contributed by atoms with E-state index in [9.17, 15) is 44.4 Å². The number of nitrogens with zero attached hydrogens (tertiary/aromatic N) is 19. The van der Waals surface area contributed by atoms with Crippen LogP contribution in [0.5, 0.6) is 23.0 Å². The van der Waals surface area contributed by atoms with Crippen LogP contribution in [0.3, 0.4) is 0 Å². The monoisotopic (exact) mass is 1650 g/mol. The van der Waals surface area contributed by atoms with Crippen LogP contribution in [0.4, 0.5) is 68.5 Å². The molecule has 0 bridgehead atoms. The predicted molar refractivity (Wildman–Crippen MR) is 458 cm³/mol. The average Bonchev–Trinajstić information content (AvgIpc) is 1.35. The smallest absolute Gasteiger partial charge is 0.366 e. The van der Waals surface area contributed by atoms with Crippen molar-refractivity contribution in [3.8, 4) is 28.9 Å². The fourth-order valence-electron chi connectivity index (χ4n) is 12.2. The number of phenolic OH excluding ortho intramolecular Hbond substituents is 4. The van der Waals surface area contributed by atoms with Crippen LogP contribution in [0.1, 0.15) is 63.6 Å². The Hall–Kier alpha value is -17.8. The number of para-hydroxylation sites is 4. The van der Waals surface area contributed by atoms with E-state index < -0.39 is 29.5 Å². The van der Waals surface area contributed by atoms with E-state index in [1.54, 1.807) is 178 Å². The molecule has 0 saturated carbocycles. The minimum Gasteiger partial charge on any atom is -0.505 e. The summed E-state index contributed by atoms with van der Waals surface area (Å²) in [6, 6.07) is 72.4. The number of phenols is 4. The molecule has 0 fully saturated rings. The Morgan fingerprint density at radius 3 is 1.20 bits per heavy atom. The van der Waals surface area contributed by atoms with Crippen LogP contribution in [-0.4, -0.2) is 104 Å². The van der Waals surface area contributed by atoms with E-state index in [0.29, 0.717) is 77.7 Å². The van der Waals surface area contributed by atoms with Crippen molar-refractivity contribution in [2.75, 3.05) is 21.3 Å². The van der Waals surface area contributed by atoms with Gasteiger partial charge < -0.3 is 51.1 Å². The Morgan fingerprint density at radius 1 is 0.398 bits per heavy atom. The highest BCUT2D eigenvalue weighted by atomic mass is 32.1. The van der Waals surface area contributed by atoms with Crippen molar-refractivity contribution in [3.05, 3.63) is 319 Å². The molecule has 0 aliphatic carbocycles. The lowest BCUT2D eigenvalue weighted by Crippen LogP contribution is -2.14. The van der Waals surface area contributed by atoms with Crippen LogP contribution in [0.2, 0.25) is 0 Å². The third-order valence-electron chi connectivity index (χ3n) is 17.9. The number of furan rings is 1. The molecule has 18 aromatic rings. The Bertz CT molecular complexity index is 6930. The molecule has 6 heterocycles. The van der Waals surface area contributed by atoms with Gasteiger partial charge >= 0.3 is 6.01 Å². The molecule has 0 atom stereocenters. The molecule has 0 saturated heterocycles. The second-order valence-corrected chi connectivity index (χ2v) is 26.8. The molecule has 12 aromatic carbocycles. The number of hydrogen-bond donors (Lipinski definition) is 9. The Labute approximate surface area is 697 Å². The standard InChI is InChI=1S/C26H18N4O4.C23H16N8O2.C20H15N5O3.C18H13N7O2S/c27-25(32)24-22(18-12-6-7-13-20(18)34-24)30-29-21-17-11-5-4-8-15(17)14-19(23(21)31)26(33)28-16-9-2-1-3-10-16;32-20-18(21(33)27-16-8-2-1-3-9-16)13-15-7-4-5-10-17(15)19(20)28-29-22-26-14-31(30-22)23-24-11-6-12-25-23;1-12-21-20(28-25-12)24-23-17-15-10-6-5-7-13(15)11-16(18(17)26)19(27)22-14-8-3-2-4-9-14;1-10-21-18(28-25-10)24-23-14-12-6-3-2-5-11(12)9-13(15(14)26)16(27)22-17-19-7-4-8-20-17/h1-14,31H,(H2,27,32)(H,28,33);1-14,32H,(H,27,33);2-11,26H,1H3,(H,22,27);2-9,26H,1H3,(H,19,20,22,27). The molecular weight excluding hydrogens is 1590 g/mol. The number of amides is 5. The molecule has 123 heavy (non-hydrogen) atoms. The third kappa shape index (κ3) is 18.9. The maximum Gasteiger partial charge on any atom is 0.366 e. The van der Waals surface area contributed by atoms with E-state index in [1.807, 2.05) is 97.1 Å². The molecule has 36 heteroatoms. The van der Waals surface area contributed by atoms with Crippen LogP contribution < -0.4 is 27.0 Å². The van der Waals surface area contributed by atoms with Crippen molar-refractivity contribution in [3.63, 3.8) is 0 Å². The average molecular weight is 1650 g/mol. The second kappa shape index (κ2) is 37.0. The number of carbonyl (C=O) groups excluding carboxylic acids is 5. The van der Waals surface area contributed by atoms with Crippen LogP contribution in [0.15, 0.2) is 330 Å². The van der Waals surface area contributed by atoms with Gasteiger partial charge in [-0.2, -0.15) is 19.0 Å². The summed E-state index contributed by atoms with van der Waals surface area (Å²) in [7, 11) is 0. The minimum absolute atomic E-state index is 0.0312. The van der Waals surface area contributed by atoms with E-state index in [-0.39, 0.29) is 97.4 Å². The van der Waals surface area contributed by atoms with Gasteiger partial charge in [0.1, 0.15) is 46.2 Å². The van der Waals surface area contributed by atoms with Gasteiger partial charge in [-0.15, -0.1) is 40.9 Å². The van der Waals surface area contributed by atoms with E-state index >= 15 is 0 Å². The molecular formula is C87H62N24O11S. The summed E-state index contributed by atoms with van der Waals surface area (Å²) in [5, 5.41) is 101. The molecule has 10 N–H and O–H groups in total. The molecule has 5 amide bonds. The van der Waals surface area contributed by atoms with Gasteiger partial charge in [-0.1, -0.05) is 174 Å². The van der Waals surface area contributed by atoms with Crippen molar-refractivity contribution in [2.45, 2.75) is 13.8 Å². The first-order valence-corrected chi connectivity index (χ1v) is 37.7. The van der Waals surface area contributed by atoms with Gasteiger partial charge in [0.2, 0.25) is 16.8 Å². The number of aromatic hydroxyl groups is 4. The van der Waals surface area contributed by atoms with Gasteiger partial charge in [-0.3, -0.25) is 29.3 Å². The molecule has 0 radical (unpaired) electrons. The molecule has 18 rings (SSSR count). The molecule has 6 aromatic heterocycles. The fourth-order valence-corrected chi connectivity index (χ4v) is 12.7. The number of primary amides is 1. The Balaban J connectivity index is 0.000000128. The summed E-state index contributed by atoms with van der Waals surface area (Å²) in [5.41, 5.74) is 8.60. The van der Waals surface area contributed by atoms with Crippen molar-refractivity contribution in [1.29, 1.82) is 0 Å². The van der Waals surface area contributed by atoms with Gasteiger partial charge in [0.15, 0.2) is 28.8 Å². The molecule has 0 aliphatic rings. The van der Waals surface area contributed by atoms with Crippen molar-refractivity contribution in [1.82, 2.24) is 54.2 Å². The molecule has 0 unspecified atom stereocenters. The van der Waals surface area contributed by atoms with Crippen LogP contribution in [-0.2, 0) is 0 Å². The summed E-state index contributed by atoms with van der Waals surface area (Å²) in [4.78, 5) is 91.4. The number of nitrogens with one attached hydrogen (secondary N) is 4. The highest BCUT2D eigenvalue weighted by Gasteiger charge is 2.26. The minimum atomic E-state index is -0.796. The molecule has 602 valence electrons.